The van der Waals surface area contributed by atoms with Crippen LogP contribution in [0.15, 0.2) is 58.7 Å². The highest BCUT2D eigenvalue weighted by Gasteiger charge is 2.07. The molecule has 2 N–H and O–H groups in total. The van der Waals surface area contributed by atoms with E-state index >= 15 is 0 Å². The zero-order valence-electron chi connectivity index (χ0n) is 12.9. The molecule has 8 heteroatoms. The molecule has 0 unspecified atom stereocenters. The lowest BCUT2D eigenvalue weighted by Crippen LogP contribution is -2.27. The fourth-order valence-corrected chi connectivity index (χ4v) is 1.93. The lowest BCUT2D eigenvalue weighted by atomic mass is 10.2. The molecule has 128 valence electrons. The zero-order valence-corrected chi connectivity index (χ0v) is 14.5. The van der Waals surface area contributed by atoms with Crippen LogP contribution in [0.3, 0.4) is 0 Å². The van der Waals surface area contributed by atoms with Gasteiger partial charge in [-0.15, -0.1) is 0 Å². The number of nitrogens with one attached hydrogen (secondary N) is 2. The Kier molecular flexibility index (Phi) is 7.13. The molecule has 0 bridgehead atoms. The Morgan fingerprint density at radius 3 is 1.48 bits per heavy atom. The normalized spacial score (nSPS) is 11.0. The summed E-state index contributed by atoms with van der Waals surface area (Å²) in [5.74, 6) is -1.10. The van der Waals surface area contributed by atoms with Gasteiger partial charge in [-0.2, -0.15) is 10.2 Å². The van der Waals surface area contributed by atoms with Crippen molar-refractivity contribution in [3.63, 3.8) is 0 Å². The molecule has 0 heterocycles. The molecule has 0 aromatic heterocycles. The van der Waals surface area contributed by atoms with Crippen molar-refractivity contribution in [2.45, 2.75) is 6.42 Å². The summed E-state index contributed by atoms with van der Waals surface area (Å²) >= 11 is 11.5. The number of rotatable bonds is 6. The highest BCUT2D eigenvalue weighted by Crippen LogP contribution is 2.08. The average Bonchev–Trinajstić information content (AvgIpc) is 2.58. The summed E-state index contributed by atoms with van der Waals surface area (Å²) in [6, 6.07) is 13.8. The fraction of sp³-hybridized carbons (Fsp3) is 0.0588. The van der Waals surface area contributed by atoms with Crippen molar-refractivity contribution in [2.24, 2.45) is 10.2 Å². The summed E-state index contributed by atoms with van der Waals surface area (Å²) in [5, 5.41) is 8.74. The smallest absolute Gasteiger partial charge is 0.249 e. The molecule has 2 aromatic carbocycles. The van der Waals surface area contributed by atoms with Gasteiger partial charge in [0, 0.05) is 10.0 Å². The first kappa shape index (κ1) is 18.6. The van der Waals surface area contributed by atoms with E-state index in [1.807, 2.05) is 0 Å². The Bertz CT molecular complexity index is 720. The van der Waals surface area contributed by atoms with Crippen molar-refractivity contribution in [1.82, 2.24) is 10.9 Å². The van der Waals surface area contributed by atoms with Crippen molar-refractivity contribution in [3.8, 4) is 0 Å². The van der Waals surface area contributed by atoms with Crippen molar-refractivity contribution in [3.05, 3.63) is 69.7 Å². The highest BCUT2D eigenvalue weighted by atomic mass is 35.5. The third-order valence-electron chi connectivity index (χ3n) is 2.87. The van der Waals surface area contributed by atoms with Gasteiger partial charge >= 0.3 is 0 Å². The van der Waals surface area contributed by atoms with Crippen molar-refractivity contribution >= 4 is 47.4 Å². The van der Waals surface area contributed by atoms with Gasteiger partial charge in [0.1, 0.15) is 6.42 Å². The largest absolute Gasteiger partial charge is 0.273 e. The van der Waals surface area contributed by atoms with Gasteiger partial charge in [0.25, 0.3) is 0 Å². The monoisotopic (exact) mass is 376 g/mol. The summed E-state index contributed by atoms with van der Waals surface area (Å²) in [4.78, 5) is 23.2. The maximum Gasteiger partial charge on any atom is 0.249 e. The molecule has 25 heavy (non-hydrogen) atoms. The summed E-state index contributed by atoms with van der Waals surface area (Å²) in [7, 11) is 0. The molecule has 6 nitrogen and oxygen atoms in total. The Balaban J connectivity index is 1.73. The number of halogens is 2. The van der Waals surface area contributed by atoms with Crippen LogP contribution in [0.4, 0.5) is 0 Å². The number of hydrogen-bond acceptors (Lipinski definition) is 4. The molecule has 2 rings (SSSR count). The standard InChI is InChI=1S/C17H14Cl2N4O2/c18-14-5-1-12(2-6-14)10-20-22-16(24)9-17(25)23-21-11-13-3-7-15(19)8-4-13/h1-8,10-11H,9H2,(H,22,24)(H,23,25)/b20-10+,21-11+. The Morgan fingerprint density at radius 1 is 0.760 bits per heavy atom. The molecule has 0 aliphatic carbocycles. The van der Waals surface area contributed by atoms with Crippen LogP contribution in [0, 0.1) is 0 Å². The van der Waals surface area contributed by atoms with Crippen LogP contribution in [-0.2, 0) is 9.59 Å². The second-order valence-electron chi connectivity index (χ2n) is 4.87. The molecular formula is C17H14Cl2N4O2. The minimum Gasteiger partial charge on any atom is -0.273 e. The fourth-order valence-electron chi connectivity index (χ4n) is 1.68. The molecule has 0 spiro atoms. The van der Waals surface area contributed by atoms with Gasteiger partial charge in [-0.1, -0.05) is 47.5 Å². The third-order valence-corrected chi connectivity index (χ3v) is 3.37. The van der Waals surface area contributed by atoms with Crippen LogP contribution in [0.2, 0.25) is 10.0 Å². The lowest BCUT2D eigenvalue weighted by Gasteiger charge is -1.99. The summed E-state index contributed by atoms with van der Waals surface area (Å²) in [5.41, 5.74) is 6.05. The van der Waals surface area contributed by atoms with Gasteiger partial charge in [0.15, 0.2) is 0 Å². The molecule has 0 atom stereocenters. The quantitative estimate of drug-likeness (QED) is 0.461. The Hall–Kier alpha value is -2.70. The van der Waals surface area contributed by atoms with Crippen molar-refractivity contribution in [1.29, 1.82) is 0 Å². The maximum absolute atomic E-state index is 11.6. The van der Waals surface area contributed by atoms with E-state index in [-0.39, 0.29) is 0 Å². The molecule has 0 fully saturated rings. The van der Waals surface area contributed by atoms with Gasteiger partial charge in [-0.25, -0.2) is 10.9 Å². The molecule has 0 saturated heterocycles. The highest BCUT2D eigenvalue weighted by molar-refractivity contribution is 6.30. The van der Waals surface area contributed by atoms with Crippen molar-refractivity contribution in [2.75, 3.05) is 0 Å². The van der Waals surface area contributed by atoms with E-state index in [0.29, 0.717) is 10.0 Å². The second-order valence-corrected chi connectivity index (χ2v) is 5.74. The van der Waals surface area contributed by atoms with Crippen molar-refractivity contribution < 1.29 is 9.59 Å². The molecule has 0 aliphatic rings. The summed E-state index contributed by atoms with van der Waals surface area (Å²) in [6.45, 7) is 0. The van der Waals surface area contributed by atoms with Gasteiger partial charge < -0.3 is 0 Å². The third kappa shape index (κ3) is 7.15. The number of hydrogen-bond donors (Lipinski definition) is 2. The topological polar surface area (TPSA) is 82.9 Å². The van der Waals surface area contributed by atoms with E-state index in [1.165, 1.54) is 12.4 Å². The Morgan fingerprint density at radius 2 is 1.12 bits per heavy atom. The Labute approximate surface area is 154 Å². The summed E-state index contributed by atoms with van der Waals surface area (Å²) < 4.78 is 0. The van der Waals surface area contributed by atoms with E-state index in [2.05, 4.69) is 21.1 Å². The second kappa shape index (κ2) is 9.56. The van der Waals surface area contributed by atoms with Crippen LogP contribution in [0.1, 0.15) is 17.5 Å². The number of carbonyl (C=O) groups excluding carboxylic acids is 2. The van der Waals surface area contributed by atoms with E-state index in [1.54, 1.807) is 48.5 Å². The zero-order chi connectivity index (χ0) is 18.1. The van der Waals surface area contributed by atoms with Gasteiger partial charge in [-0.3, -0.25) is 9.59 Å². The van der Waals surface area contributed by atoms with Crippen LogP contribution >= 0.6 is 23.2 Å². The average molecular weight is 377 g/mol. The molecule has 0 saturated carbocycles. The van der Waals surface area contributed by atoms with Gasteiger partial charge in [0.2, 0.25) is 11.8 Å². The molecule has 2 amide bonds. The van der Waals surface area contributed by atoms with Gasteiger partial charge in [0.05, 0.1) is 12.4 Å². The minimum absolute atomic E-state index is 0.393. The van der Waals surface area contributed by atoms with E-state index < -0.39 is 18.2 Å². The lowest BCUT2D eigenvalue weighted by molar-refractivity contribution is -0.129. The SMILES string of the molecule is O=C(CC(=O)N/N=C/c1ccc(Cl)cc1)N/N=C/c1ccc(Cl)cc1. The molecule has 0 radical (unpaired) electrons. The number of amides is 2. The predicted molar refractivity (Wildman–Crippen MR) is 99.0 cm³/mol. The molecule has 0 aliphatic heterocycles. The minimum atomic E-state index is -0.551. The van der Waals surface area contributed by atoms with Crippen LogP contribution in [-0.4, -0.2) is 24.2 Å². The van der Waals surface area contributed by atoms with Crippen LogP contribution < -0.4 is 10.9 Å². The van der Waals surface area contributed by atoms with Gasteiger partial charge in [-0.05, 0) is 35.4 Å². The molecular weight excluding hydrogens is 363 g/mol. The first-order chi connectivity index (χ1) is 12.0. The number of benzene rings is 2. The van der Waals surface area contributed by atoms with Crippen LogP contribution in [0.5, 0.6) is 0 Å². The predicted octanol–water partition coefficient (Wildman–Crippen LogP) is 2.98. The summed E-state index contributed by atoms with van der Waals surface area (Å²) in [6.07, 6.45) is 2.51. The number of nitrogens with zero attached hydrogens (tertiary/aromatic N) is 2. The maximum atomic E-state index is 11.6. The van der Waals surface area contributed by atoms with E-state index in [9.17, 15) is 9.59 Å². The number of hydrazone groups is 2. The first-order valence-corrected chi connectivity index (χ1v) is 7.93. The number of carbonyl (C=O) groups is 2. The van der Waals surface area contributed by atoms with Crippen LogP contribution in [0.25, 0.3) is 0 Å². The molecule has 2 aromatic rings. The van der Waals surface area contributed by atoms with E-state index in [0.717, 1.165) is 11.1 Å². The van der Waals surface area contributed by atoms with E-state index in [4.69, 9.17) is 23.2 Å². The first-order valence-electron chi connectivity index (χ1n) is 7.18.